The number of aliphatic hydroxyl groups excluding tert-OH is 1. The first-order valence-corrected chi connectivity index (χ1v) is 11.1. The number of hydrogen-bond donors (Lipinski definition) is 3. The van der Waals surface area contributed by atoms with Gasteiger partial charge in [0, 0.05) is 22.7 Å². The van der Waals surface area contributed by atoms with Crippen molar-refractivity contribution in [1.29, 1.82) is 0 Å². The maximum absolute atomic E-state index is 10.6. The fourth-order valence-electron chi connectivity index (χ4n) is 3.30. The summed E-state index contributed by atoms with van der Waals surface area (Å²) in [6.45, 7) is 4.39. The van der Waals surface area contributed by atoms with Crippen LogP contribution in [-0.4, -0.2) is 38.9 Å². The molecule has 2 aromatic heterocycles. The lowest BCUT2D eigenvalue weighted by Gasteiger charge is -2.14. The summed E-state index contributed by atoms with van der Waals surface area (Å²) in [6.07, 6.45) is 2.66. The van der Waals surface area contributed by atoms with E-state index in [-0.39, 0.29) is 0 Å². The minimum atomic E-state index is -0.590. The molecule has 4 rings (SSSR count). The summed E-state index contributed by atoms with van der Waals surface area (Å²) in [5.41, 5.74) is 2.26. The monoisotopic (exact) mass is 434 g/mol. The van der Waals surface area contributed by atoms with E-state index in [0.717, 1.165) is 27.9 Å². The lowest BCUT2D eigenvalue weighted by atomic mass is 10.1. The molecule has 0 fully saturated rings. The number of hydrogen-bond acceptors (Lipinski definition) is 5. The van der Waals surface area contributed by atoms with Crippen molar-refractivity contribution >= 4 is 27.4 Å². The van der Waals surface area contributed by atoms with Crippen LogP contribution >= 0.6 is 11.3 Å². The third-order valence-electron chi connectivity index (χ3n) is 4.80. The Morgan fingerprint density at radius 3 is 2.81 bits per heavy atom. The largest absolute Gasteiger partial charge is 0.386 e. The molecule has 4 aromatic rings. The van der Waals surface area contributed by atoms with E-state index >= 15 is 0 Å². The lowest BCUT2D eigenvalue weighted by molar-refractivity contribution is 0.184. The summed E-state index contributed by atoms with van der Waals surface area (Å²) in [7, 11) is 0. The predicted octanol–water partition coefficient (Wildman–Crippen LogP) is 3.33. The van der Waals surface area contributed by atoms with Gasteiger partial charge in [-0.25, -0.2) is 14.7 Å². The minimum absolute atomic E-state index is 0.394. The Labute approximate surface area is 185 Å². The molecule has 0 radical (unpaired) electrons. The first kappa shape index (κ1) is 21.0. The number of benzene rings is 2. The molecule has 31 heavy (non-hydrogen) atoms. The van der Waals surface area contributed by atoms with Gasteiger partial charge in [0.15, 0.2) is 5.96 Å². The van der Waals surface area contributed by atoms with E-state index in [1.54, 1.807) is 22.3 Å². The van der Waals surface area contributed by atoms with Crippen molar-refractivity contribution in [1.82, 2.24) is 25.4 Å². The normalized spacial score (nSPS) is 12.8. The standard InChI is InChI=1S/C23H26N6OS/c1-2-25-23(27-13-20(30)22-11-19-8-3-4-9-21(19)31-22)26-12-17-6-5-7-18(10-17)14-29-16-24-15-28-29/h3-11,15-16,20,30H,2,12-14H2,1H3,(H2,25,26,27). The van der Waals surface area contributed by atoms with Gasteiger partial charge in [0.25, 0.3) is 0 Å². The number of thiophene rings is 1. The van der Waals surface area contributed by atoms with Crippen molar-refractivity contribution in [2.45, 2.75) is 26.1 Å². The van der Waals surface area contributed by atoms with Crippen LogP contribution in [0.15, 0.2) is 72.2 Å². The second kappa shape index (κ2) is 10.2. The molecule has 0 saturated carbocycles. The smallest absolute Gasteiger partial charge is 0.191 e. The Hall–Kier alpha value is -3.23. The van der Waals surface area contributed by atoms with Crippen molar-refractivity contribution in [3.63, 3.8) is 0 Å². The van der Waals surface area contributed by atoms with E-state index < -0.39 is 6.10 Å². The van der Waals surface area contributed by atoms with Gasteiger partial charge in [-0.3, -0.25) is 0 Å². The van der Waals surface area contributed by atoms with Gasteiger partial charge < -0.3 is 15.7 Å². The highest BCUT2D eigenvalue weighted by molar-refractivity contribution is 7.19. The molecule has 2 aromatic carbocycles. The molecule has 0 bridgehead atoms. The molecular weight excluding hydrogens is 408 g/mol. The Balaban J connectivity index is 1.37. The first-order valence-electron chi connectivity index (χ1n) is 10.3. The summed E-state index contributed by atoms with van der Waals surface area (Å²) in [4.78, 5) is 9.61. The average Bonchev–Trinajstić information content (AvgIpc) is 3.45. The molecule has 3 N–H and O–H groups in total. The van der Waals surface area contributed by atoms with E-state index in [9.17, 15) is 5.11 Å². The molecular formula is C23H26N6OS. The van der Waals surface area contributed by atoms with Crippen LogP contribution in [0.2, 0.25) is 0 Å². The van der Waals surface area contributed by atoms with Gasteiger partial charge in [-0.05, 0) is 35.6 Å². The van der Waals surface area contributed by atoms with Gasteiger partial charge in [-0.15, -0.1) is 11.3 Å². The van der Waals surface area contributed by atoms with Crippen LogP contribution in [0.3, 0.4) is 0 Å². The summed E-state index contributed by atoms with van der Waals surface area (Å²) in [5.74, 6) is 0.685. The average molecular weight is 435 g/mol. The predicted molar refractivity (Wildman–Crippen MR) is 125 cm³/mol. The Morgan fingerprint density at radius 1 is 1.13 bits per heavy atom. The van der Waals surface area contributed by atoms with E-state index in [1.165, 1.54) is 11.0 Å². The van der Waals surface area contributed by atoms with E-state index in [2.05, 4.69) is 62.1 Å². The van der Waals surface area contributed by atoms with Gasteiger partial charge in [0.05, 0.1) is 13.1 Å². The van der Waals surface area contributed by atoms with Crippen molar-refractivity contribution in [2.75, 3.05) is 13.1 Å². The third-order valence-corrected chi connectivity index (χ3v) is 6.02. The van der Waals surface area contributed by atoms with Crippen LogP contribution < -0.4 is 10.6 Å². The van der Waals surface area contributed by atoms with Crippen LogP contribution in [0.25, 0.3) is 10.1 Å². The van der Waals surface area contributed by atoms with Crippen LogP contribution in [0, 0.1) is 0 Å². The molecule has 160 valence electrons. The summed E-state index contributed by atoms with van der Waals surface area (Å²) >= 11 is 1.62. The SMILES string of the molecule is CCNC(=NCc1cccc(Cn2cncn2)c1)NCC(O)c1cc2ccccc2s1. The molecule has 1 unspecified atom stereocenters. The van der Waals surface area contributed by atoms with Gasteiger partial charge in [0.2, 0.25) is 0 Å². The third kappa shape index (κ3) is 5.68. The molecule has 1 atom stereocenters. The molecule has 0 aliphatic heterocycles. The quantitative estimate of drug-likeness (QED) is 0.292. The number of fused-ring (bicyclic) bond motifs is 1. The number of aliphatic hydroxyl groups is 1. The number of rotatable bonds is 8. The van der Waals surface area contributed by atoms with Crippen molar-refractivity contribution in [3.8, 4) is 0 Å². The molecule has 2 heterocycles. The molecule has 0 aliphatic rings. The Morgan fingerprint density at radius 2 is 2.00 bits per heavy atom. The maximum Gasteiger partial charge on any atom is 0.191 e. The molecule has 0 spiro atoms. The fourth-order valence-corrected chi connectivity index (χ4v) is 4.35. The van der Waals surface area contributed by atoms with Crippen LogP contribution in [0.1, 0.15) is 29.0 Å². The summed E-state index contributed by atoms with van der Waals surface area (Å²) in [6, 6.07) is 18.5. The maximum atomic E-state index is 10.6. The number of nitrogens with one attached hydrogen (secondary N) is 2. The number of aliphatic imine (C=N–C) groups is 1. The van der Waals surface area contributed by atoms with Crippen LogP contribution in [-0.2, 0) is 13.1 Å². The molecule has 8 heteroatoms. The van der Waals surface area contributed by atoms with Gasteiger partial charge in [0.1, 0.15) is 18.8 Å². The van der Waals surface area contributed by atoms with E-state index in [0.29, 0.717) is 25.6 Å². The van der Waals surface area contributed by atoms with Crippen LogP contribution in [0.4, 0.5) is 0 Å². The zero-order valence-corrected chi connectivity index (χ0v) is 18.2. The van der Waals surface area contributed by atoms with Gasteiger partial charge >= 0.3 is 0 Å². The second-order valence-corrected chi connectivity index (χ2v) is 8.31. The molecule has 0 aliphatic carbocycles. The van der Waals surface area contributed by atoms with Crippen molar-refractivity contribution in [3.05, 3.63) is 83.3 Å². The Bertz CT molecular complexity index is 1100. The lowest BCUT2D eigenvalue weighted by Crippen LogP contribution is -2.39. The minimum Gasteiger partial charge on any atom is -0.386 e. The van der Waals surface area contributed by atoms with E-state index in [1.807, 2.05) is 25.1 Å². The topological polar surface area (TPSA) is 87.4 Å². The molecule has 7 nitrogen and oxygen atoms in total. The van der Waals surface area contributed by atoms with E-state index in [4.69, 9.17) is 0 Å². The number of guanidine groups is 1. The highest BCUT2D eigenvalue weighted by atomic mass is 32.1. The van der Waals surface area contributed by atoms with Gasteiger partial charge in [-0.2, -0.15) is 5.10 Å². The first-order chi connectivity index (χ1) is 15.2. The zero-order valence-electron chi connectivity index (χ0n) is 17.4. The Kier molecular flexibility index (Phi) is 6.91. The number of nitrogens with zero attached hydrogens (tertiary/aromatic N) is 4. The van der Waals surface area contributed by atoms with Crippen molar-refractivity contribution in [2.24, 2.45) is 4.99 Å². The second-order valence-electron chi connectivity index (χ2n) is 7.19. The zero-order chi connectivity index (χ0) is 21.5. The van der Waals surface area contributed by atoms with Crippen molar-refractivity contribution < 1.29 is 5.11 Å². The highest BCUT2D eigenvalue weighted by Gasteiger charge is 2.12. The fraction of sp³-hybridized carbons (Fsp3) is 0.261. The molecule has 0 amide bonds. The van der Waals surface area contributed by atoms with Crippen LogP contribution in [0.5, 0.6) is 0 Å². The summed E-state index contributed by atoms with van der Waals surface area (Å²) < 4.78 is 2.98. The number of aromatic nitrogens is 3. The molecule has 0 saturated heterocycles. The highest BCUT2D eigenvalue weighted by Crippen LogP contribution is 2.29. The summed E-state index contributed by atoms with van der Waals surface area (Å²) in [5, 5.41) is 22.5. The van der Waals surface area contributed by atoms with Gasteiger partial charge in [-0.1, -0.05) is 42.5 Å².